The predicted octanol–water partition coefficient (Wildman–Crippen LogP) is 2.87. The van der Waals surface area contributed by atoms with E-state index in [1.807, 2.05) is 39.0 Å². The molecular formula is C21H26N2O4S. The molecule has 0 aliphatic carbocycles. The van der Waals surface area contributed by atoms with Gasteiger partial charge in [-0.3, -0.25) is 9.59 Å². The summed E-state index contributed by atoms with van der Waals surface area (Å²) in [5, 5.41) is 2.79. The van der Waals surface area contributed by atoms with Crippen LogP contribution in [0.4, 0.5) is 5.69 Å². The van der Waals surface area contributed by atoms with Crippen molar-refractivity contribution >= 4 is 27.3 Å². The number of nitrogens with zero attached hydrogens (tertiary/aromatic N) is 1. The Bertz CT molecular complexity index is 966. The third-order valence-corrected chi connectivity index (χ3v) is 6.17. The monoisotopic (exact) mass is 402 g/mol. The zero-order chi connectivity index (χ0) is 20.9. The lowest BCUT2D eigenvalue weighted by atomic mass is 10.1. The molecule has 1 N–H and O–H groups in total. The average Bonchev–Trinajstić information content (AvgIpc) is 2.63. The number of nitrogens with one attached hydrogen (secondary N) is 1. The number of carbonyl (C=O) groups is 2. The van der Waals surface area contributed by atoms with E-state index in [9.17, 15) is 18.0 Å². The van der Waals surface area contributed by atoms with Crippen molar-refractivity contribution in [3.8, 4) is 0 Å². The van der Waals surface area contributed by atoms with E-state index in [0.717, 1.165) is 16.7 Å². The van der Waals surface area contributed by atoms with Crippen LogP contribution >= 0.6 is 0 Å². The van der Waals surface area contributed by atoms with Crippen molar-refractivity contribution in [2.24, 2.45) is 0 Å². The van der Waals surface area contributed by atoms with Crippen LogP contribution < -0.4 is 5.32 Å². The minimum absolute atomic E-state index is 0.142. The highest BCUT2D eigenvalue weighted by molar-refractivity contribution is 7.91. The van der Waals surface area contributed by atoms with E-state index in [-0.39, 0.29) is 29.5 Å². The second-order valence-electron chi connectivity index (χ2n) is 7.00. The Morgan fingerprint density at radius 2 is 1.57 bits per heavy atom. The smallest absolute Gasteiger partial charge is 0.243 e. The van der Waals surface area contributed by atoms with Crippen molar-refractivity contribution < 1.29 is 18.0 Å². The van der Waals surface area contributed by atoms with Gasteiger partial charge in [-0.15, -0.1) is 0 Å². The molecule has 7 heteroatoms. The summed E-state index contributed by atoms with van der Waals surface area (Å²) < 4.78 is 24.7. The van der Waals surface area contributed by atoms with Gasteiger partial charge in [0.2, 0.25) is 11.8 Å². The molecule has 0 unspecified atom stereocenters. The third kappa shape index (κ3) is 5.92. The molecule has 0 heterocycles. The van der Waals surface area contributed by atoms with Crippen LogP contribution in [0.5, 0.6) is 0 Å². The topological polar surface area (TPSA) is 83.6 Å². The second kappa shape index (κ2) is 9.01. The summed E-state index contributed by atoms with van der Waals surface area (Å²) >= 11 is 0. The summed E-state index contributed by atoms with van der Waals surface area (Å²) in [5.74, 6) is -1.02. The standard InChI is InChI=1S/C21H26N2O4S/c1-15-6-9-18(10-7-15)28(26,27)12-11-21(25)23(4)14-20(24)22-19-13-16(2)5-8-17(19)3/h5-10,13H,11-12,14H2,1-4H3,(H,22,24). The Balaban J connectivity index is 1.90. The van der Waals surface area contributed by atoms with E-state index >= 15 is 0 Å². The Hall–Kier alpha value is -2.67. The van der Waals surface area contributed by atoms with Crippen molar-refractivity contribution in [3.63, 3.8) is 0 Å². The molecule has 2 amide bonds. The molecule has 2 rings (SSSR count). The molecule has 0 aromatic heterocycles. The summed E-state index contributed by atoms with van der Waals surface area (Å²) in [5.41, 5.74) is 3.61. The Labute approximate surface area is 166 Å². The Morgan fingerprint density at radius 3 is 2.21 bits per heavy atom. The molecular weight excluding hydrogens is 376 g/mol. The number of likely N-dealkylation sites (N-methyl/N-ethyl adjacent to an activating group) is 1. The highest BCUT2D eigenvalue weighted by Gasteiger charge is 2.19. The molecule has 0 saturated heterocycles. The van der Waals surface area contributed by atoms with Gasteiger partial charge in [0.25, 0.3) is 0 Å². The van der Waals surface area contributed by atoms with Crippen LogP contribution in [0.15, 0.2) is 47.4 Å². The number of hydrogen-bond donors (Lipinski definition) is 1. The molecule has 6 nitrogen and oxygen atoms in total. The van der Waals surface area contributed by atoms with Gasteiger partial charge in [-0.25, -0.2) is 8.42 Å². The first kappa shape index (κ1) is 21.6. The fourth-order valence-electron chi connectivity index (χ4n) is 2.64. The number of anilines is 1. The van der Waals surface area contributed by atoms with Gasteiger partial charge in [0.15, 0.2) is 9.84 Å². The minimum Gasteiger partial charge on any atom is -0.336 e. The van der Waals surface area contributed by atoms with Crippen molar-refractivity contribution in [2.75, 3.05) is 24.7 Å². The number of hydrogen-bond acceptors (Lipinski definition) is 4. The maximum absolute atomic E-state index is 12.4. The van der Waals surface area contributed by atoms with Gasteiger partial charge in [-0.05, 0) is 50.1 Å². The first-order valence-corrected chi connectivity index (χ1v) is 10.6. The van der Waals surface area contributed by atoms with Gasteiger partial charge < -0.3 is 10.2 Å². The molecule has 0 spiro atoms. The quantitative estimate of drug-likeness (QED) is 0.772. The lowest BCUT2D eigenvalue weighted by molar-refractivity contribution is -0.132. The van der Waals surface area contributed by atoms with Gasteiger partial charge in [-0.2, -0.15) is 0 Å². The van der Waals surface area contributed by atoms with Gasteiger partial charge in [-0.1, -0.05) is 29.8 Å². The van der Waals surface area contributed by atoms with E-state index in [0.29, 0.717) is 5.69 Å². The summed E-state index contributed by atoms with van der Waals surface area (Å²) in [4.78, 5) is 25.9. The van der Waals surface area contributed by atoms with Crippen LogP contribution in [0.1, 0.15) is 23.1 Å². The van der Waals surface area contributed by atoms with Crippen LogP contribution in [0, 0.1) is 20.8 Å². The van der Waals surface area contributed by atoms with Crippen LogP contribution in [-0.2, 0) is 19.4 Å². The highest BCUT2D eigenvalue weighted by Crippen LogP contribution is 2.16. The van der Waals surface area contributed by atoms with Crippen molar-refractivity contribution in [3.05, 3.63) is 59.2 Å². The highest BCUT2D eigenvalue weighted by atomic mass is 32.2. The number of aryl methyl sites for hydroxylation is 3. The molecule has 28 heavy (non-hydrogen) atoms. The Kier molecular flexibility index (Phi) is 6.96. The third-order valence-electron chi connectivity index (χ3n) is 4.44. The zero-order valence-corrected chi connectivity index (χ0v) is 17.5. The number of amides is 2. The molecule has 0 aliphatic rings. The fraction of sp³-hybridized carbons (Fsp3) is 0.333. The van der Waals surface area contributed by atoms with Crippen molar-refractivity contribution in [1.29, 1.82) is 0 Å². The summed E-state index contributed by atoms with van der Waals surface area (Å²) in [7, 11) is -2.05. The van der Waals surface area contributed by atoms with E-state index in [4.69, 9.17) is 0 Å². The lowest BCUT2D eigenvalue weighted by Gasteiger charge is -2.17. The number of rotatable bonds is 7. The van der Waals surface area contributed by atoms with Gasteiger partial charge in [0.05, 0.1) is 17.2 Å². The summed E-state index contributed by atoms with van der Waals surface area (Å²) in [6, 6.07) is 12.2. The Morgan fingerprint density at radius 1 is 0.964 bits per heavy atom. The van der Waals surface area contributed by atoms with E-state index in [1.54, 1.807) is 12.1 Å². The van der Waals surface area contributed by atoms with Crippen LogP contribution in [0.25, 0.3) is 0 Å². The van der Waals surface area contributed by atoms with Crippen LogP contribution in [-0.4, -0.2) is 44.5 Å². The summed E-state index contributed by atoms with van der Waals surface area (Å²) in [6.45, 7) is 5.55. The number of sulfone groups is 1. The lowest BCUT2D eigenvalue weighted by Crippen LogP contribution is -2.35. The normalized spacial score (nSPS) is 11.1. The molecule has 0 bridgehead atoms. The molecule has 150 valence electrons. The van der Waals surface area contributed by atoms with Gasteiger partial charge >= 0.3 is 0 Å². The first-order valence-electron chi connectivity index (χ1n) is 8.99. The van der Waals surface area contributed by atoms with Crippen LogP contribution in [0.3, 0.4) is 0 Å². The van der Waals surface area contributed by atoms with E-state index in [1.165, 1.54) is 24.1 Å². The number of benzene rings is 2. The predicted molar refractivity (Wildman–Crippen MR) is 110 cm³/mol. The zero-order valence-electron chi connectivity index (χ0n) is 16.7. The maximum Gasteiger partial charge on any atom is 0.243 e. The van der Waals surface area contributed by atoms with Crippen molar-refractivity contribution in [2.45, 2.75) is 32.1 Å². The molecule has 0 fully saturated rings. The van der Waals surface area contributed by atoms with Gasteiger partial charge in [0.1, 0.15) is 0 Å². The summed E-state index contributed by atoms with van der Waals surface area (Å²) in [6.07, 6.45) is -0.177. The SMILES string of the molecule is Cc1ccc(S(=O)(=O)CCC(=O)N(C)CC(=O)Nc2cc(C)ccc2C)cc1. The molecule has 0 aliphatic heterocycles. The van der Waals surface area contributed by atoms with E-state index in [2.05, 4.69) is 5.32 Å². The number of carbonyl (C=O) groups excluding carboxylic acids is 2. The molecule has 2 aromatic rings. The maximum atomic E-state index is 12.4. The molecule has 0 atom stereocenters. The molecule has 2 aromatic carbocycles. The van der Waals surface area contributed by atoms with Gasteiger partial charge in [0, 0.05) is 19.2 Å². The van der Waals surface area contributed by atoms with E-state index < -0.39 is 15.7 Å². The molecule has 0 radical (unpaired) electrons. The largest absolute Gasteiger partial charge is 0.336 e. The second-order valence-corrected chi connectivity index (χ2v) is 9.11. The minimum atomic E-state index is -3.54. The van der Waals surface area contributed by atoms with Crippen molar-refractivity contribution in [1.82, 2.24) is 4.90 Å². The first-order chi connectivity index (χ1) is 13.1. The molecule has 0 saturated carbocycles. The average molecular weight is 403 g/mol. The van der Waals surface area contributed by atoms with Crippen LogP contribution in [0.2, 0.25) is 0 Å². The fourth-order valence-corrected chi connectivity index (χ4v) is 3.87.